The summed E-state index contributed by atoms with van der Waals surface area (Å²) >= 11 is 0. The minimum atomic E-state index is -1.51. The fourth-order valence-corrected chi connectivity index (χ4v) is 7.78. The van der Waals surface area contributed by atoms with Gasteiger partial charge in [-0.1, -0.05) is 19.1 Å². The van der Waals surface area contributed by atoms with E-state index < -0.39 is 52.2 Å². The predicted octanol–water partition coefficient (Wildman–Crippen LogP) is 1.90. The third-order valence-corrected chi connectivity index (χ3v) is 8.80. The molecule has 0 aromatic carbocycles. The summed E-state index contributed by atoms with van der Waals surface area (Å²) < 4.78 is 0. The molecule has 6 nitrogen and oxygen atoms in total. The van der Waals surface area contributed by atoms with Gasteiger partial charge in [0, 0.05) is 5.92 Å². The highest BCUT2D eigenvalue weighted by Gasteiger charge is 2.77. The van der Waals surface area contributed by atoms with E-state index in [0.29, 0.717) is 32.1 Å². The molecule has 0 heterocycles. The normalized spacial score (nSPS) is 55.3. The Morgan fingerprint density at radius 3 is 2.42 bits per heavy atom. The number of carboxylic acid groups (broad SMARTS) is 2. The molecule has 0 amide bonds. The molecular weight excluding hydrogens is 336 g/mol. The molecule has 9 atom stereocenters. The quantitative estimate of drug-likeness (QED) is 0.556. The third-order valence-electron chi connectivity index (χ3n) is 8.80. The third kappa shape index (κ3) is 1.80. The number of hydrogen-bond donors (Lipinski definition) is 4. The summed E-state index contributed by atoms with van der Waals surface area (Å²) in [7, 11) is 0. The molecule has 4 rings (SSSR count). The second-order valence-electron chi connectivity index (χ2n) is 9.68. The van der Waals surface area contributed by atoms with Crippen molar-refractivity contribution in [2.75, 3.05) is 0 Å². The maximum atomic E-state index is 12.5. The molecule has 2 bridgehead atoms. The molecule has 26 heavy (non-hydrogen) atoms. The molecule has 4 N–H and O–H groups in total. The SMILES string of the molecule is C=C1C[C@]23C[C@H]1[C@@H](O)C[C@H]2[C@]1(C)CC[C@H](O)[C@@](C)(C(=O)O)[C@H]1[C@@H]3C(=O)O. The summed E-state index contributed by atoms with van der Waals surface area (Å²) in [5.74, 6) is -3.79. The Kier molecular flexibility index (Phi) is 3.53. The van der Waals surface area contributed by atoms with Crippen LogP contribution in [0.2, 0.25) is 0 Å². The lowest BCUT2D eigenvalue weighted by atomic mass is 9.52. The van der Waals surface area contributed by atoms with Gasteiger partial charge >= 0.3 is 11.9 Å². The Morgan fingerprint density at radius 2 is 1.85 bits per heavy atom. The van der Waals surface area contributed by atoms with Crippen LogP contribution < -0.4 is 0 Å². The van der Waals surface area contributed by atoms with Gasteiger partial charge in [-0.3, -0.25) is 9.59 Å². The van der Waals surface area contributed by atoms with Gasteiger partial charge < -0.3 is 20.4 Å². The smallest absolute Gasteiger partial charge is 0.312 e. The van der Waals surface area contributed by atoms with Crippen molar-refractivity contribution in [3.8, 4) is 0 Å². The maximum Gasteiger partial charge on any atom is 0.312 e. The molecule has 0 aromatic rings. The number of carbonyl (C=O) groups is 2. The minimum Gasteiger partial charge on any atom is -0.481 e. The molecule has 0 unspecified atom stereocenters. The van der Waals surface area contributed by atoms with Gasteiger partial charge in [0.1, 0.15) is 0 Å². The van der Waals surface area contributed by atoms with Gasteiger partial charge in [0.15, 0.2) is 0 Å². The van der Waals surface area contributed by atoms with Crippen molar-refractivity contribution in [3.05, 3.63) is 12.2 Å². The monoisotopic (exact) mass is 364 g/mol. The van der Waals surface area contributed by atoms with E-state index in [-0.39, 0.29) is 11.8 Å². The van der Waals surface area contributed by atoms with E-state index in [1.165, 1.54) is 6.92 Å². The Hall–Kier alpha value is -1.40. The summed E-state index contributed by atoms with van der Waals surface area (Å²) in [4.78, 5) is 24.7. The van der Waals surface area contributed by atoms with Crippen LogP contribution in [-0.2, 0) is 9.59 Å². The summed E-state index contributed by atoms with van der Waals surface area (Å²) in [5, 5.41) is 41.5. The molecule has 4 fully saturated rings. The first kappa shape index (κ1) is 18.0. The van der Waals surface area contributed by atoms with Crippen molar-refractivity contribution in [3.63, 3.8) is 0 Å². The number of hydrogen-bond acceptors (Lipinski definition) is 4. The van der Waals surface area contributed by atoms with Gasteiger partial charge in [-0.2, -0.15) is 0 Å². The molecule has 4 aliphatic carbocycles. The summed E-state index contributed by atoms with van der Waals surface area (Å²) in [6.45, 7) is 7.62. The van der Waals surface area contributed by atoms with Crippen LogP contribution in [0.3, 0.4) is 0 Å². The zero-order chi connectivity index (χ0) is 19.2. The van der Waals surface area contributed by atoms with Gasteiger partial charge in [0.05, 0.1) is 23.5 Å². The molecule has 6 heteroatoms. The Balaban J connectivity index is 1.95. The summed E-state index contributed by atoms with van der Waals surface area (Å²) in [5.41, 5.74) is -1.71. The standard InChI is InChI=1S/C20H28O6/c1-9-7-20-8-10(9)11(21)6-12(20)18(2)5-4-13(22)19(3,17(25)26)15(18)14(20)16(23)24/h10-15,21-22H,1,4-8H2,2-3H3,(H,23,24)(H,25,26)/t10-,11+,12+,13+,14-,15+,18+,19-,20+/m1/s1. The number of aliphatic carboxylic acids is 2. The zero-order valence-electron chi connectivity index (χ0n) is 15.3. The van der Waals surface area contributed by atoms with E-state index in [1.807, 2.05) is 6.92 Å². The topological polar surface area (TPSA) is 115 Å². The largest absolute Gasteiger partial charge is 0.481 e. The highest BCUT2D eigenvalue weighted by atomic mass is 16.4. The minimum absolute atomic E-state index is 0.0715. The Morgan fingerprint density at radius 1 is 1.19 bits per heavy atom. The van der Waals surface area contributed by atoms with E-state index in [4.69, 9.17) is 0 Å². The van der Waals surface area contributed by atoms with Crippen molar-refractivity contribution in [2.45, 2.75) is 58.2 Å². The van der Waals surface area contributed by atoms with Crippen LogP contribution in [0.15, 0.2) is 12.2 Å². The van der Waals surface area contributed by atoms with Gasteiger partial charge in [-0.25, -0.2) is 0 Å². The number of carboxylic acids is 2. The lowest BCUT2D eigenvalue weighted by Crippen LogP contribution is -2.57. The molecule has 0 radical (unpaired) electrons. The highest BCUT2D eigenvalue weighted by Crippen LogP contribution is 2.77. The lowest BCUT2D eigenvalue weighted by molar-refractivity contribution is -0.182. The predicted molar refractivity (Wildman–Crippen MR) is 92.1 cm³/mol. The molecule has 0 aromatic heterocycles. The first-order chi connectivity index (χ1) is 12.0. The van der Waals surface area contributed by atoms with E-state index in [1.54, 1.807) is 0 Å². The van der Waals surface area contributed by atoms with E-state index in [0.717, 1.165) is 5.57 Å². The average Bonchev–Trinajstić information content (AvgIpc) is 2.96. The first-order valence-corrected chi connectivity index (χ1v) is 9.50. The summed E-state index contributed by atoms with van der Waals surface area (Å²) in [6, 6.07) is 0. The van der Waals surface area contributed by atoms with Crippen LogP contribution in [0, 0.1) is 39.9 Å². The van der Waals surface area contributed by atoms with Crippen LogP contribution in [0.25, 0.3) is 0 Å². The molecule has 4 saturated carbocycles. The maximum absolute atomic E-state index is 12.5. The van der Waals surface area contributed by atoms with Crippen LogP contribution >= 0.6 is 0 Å². The second-order valence-corrected chi connectivity index (χ2v) is 9.68. The first-order valence-electron chi connectivity index (χ1n) is 9.50. The van der Waals surface area contributed by atoms with Crippen LogP contribution in [0.5, 0.6) is 0 Å². The van der Waals surface area contributed by atoms with Gasteiger partial charge in [-0.15, -0.1) is 0 Å². The van der Waals surface area contributed by atoms with E-state index in [9.17, 15) is 30.0 Å². The molecule has 0 saturated heterocycles. The number of aliphatic hydroxyl groups is 2. The molecule has 0 aliphatic heterocycles. The van der Waals surface area contributed by atoms with E-state index in [2.05, 4.69) is 6.58 Å². The van der Waals surface area contributed by atoms with Crippen molar-refractivity contribution in [1.82, 2.24) is 0 Å². The Bertz CT molecular complexity index is 702. The second kappa shape index (κ2) is 5.10. The van der Waals surface area contributed by atoms with Crippen molar-refractivity contribution in [1.29, 1.82) is 0 Å². The molecule has 144 valence electrons. The molecular formula is C20H28O6. The van der Waals surface area contributed by atoms with Crippen molar-refractivity contribution < 1.29 is 30.0 Å². The van der Waals surface area contributed by atoms with Crippen LogP contribution in [-0.4, -0.2) is 44.6 Å². The fraction of sp³-hybridized carbons (Fsp3) is 0.800. The molecule has 1 spiro atoms. The van der Waals surface area contributed by atoms with E-state index >= 15 is 0 Å². The number of rotatable bonds is 2. The molecule has 4 aliphatic rings. The zero-order valence-corrected chi connectivity index (χ0v) is 15.3. The average molecular weight is 364 g/mol. The van der Waals surface area contributed by atoms with Crippen LogP contribution in [0.1, 0.15) is 46.0 Å². The van der Waals surface area contributed by atoms with Crippen LogP contribution in [0.4, 0.5) is 0 Å². The Labute approximate surface area is 152 Å². The van der Waals surface area contributed by atoms with Gasteiger partial charge in [0.2, 0.25) is 0 Å². The number of aliphatic hydroxyl groups excluding tert-OH is 2. The van der Waals surface area contributed by atoms with Gasteiger partial charge in [-0.05, 0) is 61.7 Å². The fourth-order valence-electron chi connectivity index (χ4n) is 7.78. The van der Waals surface area contributed by atoms with Gasteiger partial charge in [0.25, 0.3) is 0 Å². The van der Waals surface area contributed by atoms with Crippen molar-refractivity contribution in [2.24, 2.45) is 39.9 Å². The highest BCUT2D eigenvalue weighted by molar-refractivity contribution is 5.80. The van der Waals surface area contributed by atoms with Crippen molar-refractivity contribution >= 4 is 11.9 Å². The lowest BCUT2D eigenvalue weighted by Gasteiger charge is -2.52. The number of fused-ring (bicyclic) bond motifs is 3. The summed E-state index contributed by atoms with van der Waals surface area (Å²) in [6.07, 6.45) is 0.905.